The highest BCUT2D eigenvalue weighted by molar-refractivity contribution is 7.98. The van der Waals surface area contributed by atoms with Crippen LogP contribution in [0.1, 0.15) is 0 Å². The fourth-order valence-electron chi connectivity index (χ4n) is 1.25. The molecule has 1 aromatic carbocycles. The van der Waals surface area contributed by atoms with Crippen LogP contribution in [0, 0.1) is 5.82 Å². The van der Waals surface area contributed by atoms with Crippen LogP contribution in [0.15, 0.2) is 22.4 Å². The molecule has 0 unspecified atom stereocenters. The molecule has 0 amide bonds. The molecule has 0 spiro atoms. The summed E-state index contributed by atoms with van der Waals surface area (Å²) in [6, 6.07) is 3.54. The number of thioether (sulfide) groups is 1. The molecule has 0 aliphatic heterocycles. The Kier molecular flexibility index (Phi) is 2.17. The van der Waals surface area contributed by atoms with Gasteiger partial charge in [0.25, 0.3) is 0 Å². The number of hydrogen-bond donors (Lipinski definition) is 1. The zero-order valence-electron chi connectivity index (χ0n) is 7.00. The molecule has 0 aliphatic carbocycles. The molecule has 2 rings (SSSR count). The standard InChI is InChI=1S/C9H8FNS2/c1-12-7-4-6(11)5-2-3-13-9(5)8(7)10/h2-4H,11H2,1H3. The van der Waals surface area contributed by atoms with E-state index in [2.05, 4.69) is 0 Å². The molecule has 68 valence electrons. The molecular formula is C9H8FNS2. The molecular weight excluding hydrogens is 205 g/mol. The Balaban J connectivity index is 2.85. The van der Waals surface area contributed by atoms with Gasteiger partial charge in [-0.15, -0.1) is 23.1 Å². The molecule has 2 aromatic rings. The van der Waals surface area contributed by atoms with E-state index in [0.29, 0.717) is 15.3 Å². The van der Waals surface area contributed by atoms with Crippen molar-refractivity contribution in [2.45, 2.75) is 4.90 Å². The third-order valence-electron chi connectivity index (χ3n) is 1.90. The fourth-order valence-corrected chi connectivity index (χ4v) is 2.71. The second kappa shape index (κ2) is 3.20. The first-order chi connectivity index (χ1) is 6.24. The van der Waals surface area contributed by atoms with Crippen LogP contribution in [-0.4, -0.2) is 6.26 Å². The smallest absolute Gasteiger partial charge is 0.154 e. The first kappa shape index (κ1) is 8.84. The quantitative estimate of drug-likeness (QED) is 0.580. The van der Waals surface area contributed by atoms with Gasteiger partial charge in [0.15, 0.2) is 5.82 Å². The molecule has 1 nitrogen and oxygen atoms in total. The largest absolute Gasteiger partial charge is 0.398 e. The molecule has 0 fully saturated rings. The first-order valence-corrected chi connectivity index (χ1v) is 5.83. The number of halogens is 1. The zero-order chi connectivity index (χ0) is 9.42. The molecule has 0 bridgehead atoms. The molecule has 0 saturated carbocycles. The number of anilines is 1. The highest BCUT2D eigenvalue weighted by Gasteiger charge is 2.10. The Morgan fingerprint density at radius 3 is 3.00 bits per heavy atom. The molecule has 2 N–H and O–H groups in total. The van der Waals surface area contributed by atoms with E-state index in [9.17, 15) is 4.39 Å². The minimum Gasteiger partial charge on any atom is -0.398 e. The molecule has 0 saturated heterocycles. The number of benzene rings is 1. The predicted molar refractivity (Wildman–Crippen MR) is 58.0 cm³/mol. The maximum absolute atomic E-state index is 13.6. The molecule has 0 atom stereocenters. The van der Waals surface area contributed by atoms with Gasteiger partial charge in [-0.3, -0.25) is 0 Å². The highest BCUT2D eigenvalue weighted by atomic mass is 32.2. The number of nitrogens with two attached hydrogens (primary N) is 1. The maximum atomic E-state index is 13.6. The summed E-state index contributed by atoms with van der Waals surface area (Å²) in [5, 5.41) is 2.68. The zero-order valence-corrected chi connectivity index (χ0v) is 8.64. The number of rotatable bonds is 1. The van der Waals surface area contributed by atoms with Gasteiger partial charge in [-0.2, -0.15) is 0 Å². The Labute approximate surface area is 83.7 Å². The summed E-state index contributed by atoms with van der Waals surface area (Å²) < 4.78 is 14.3. The Bertz CT molecular complexity index is 450. The van der Waals surface area contributed by atoms with Crippen LogP contribution in [0.2, 0.25) is 0 Å². The molecule has 4 heteroatoms. The SMILES string of the molecule is CSc1cc(N)c2ccsc2c1F. The monoisotopic (exact) mass is 213 g/mol. The summed E-state index contributed by atoms with van der Waals surface area (Å²) in [6.07, 6.45) is 1.84. The average molecular weight is 213 g/mol. The van der Waals surface area contributed by atoms with Gasteiger partial charge in [0.2, 0.25) is 0 Å². The predicted octanol–water partition coefficient (Wildman–Crippen LogP) is 3.34. The van der Waals surface area contributed by atoms with Crippen LogP contribution in [0.4, 0.5) is 10.1 Å². The molecule has 0 radical (unpaired) electrons. The molecule has 1 aromatic heterocycles. The van der Waals surface area contributed by atoms with Crippen molar-refractivity contribution in [3.05, 3.63) is 23.3 Å². The van der Waals surface area contributed by atoms with Crippen LogP contribution in [0.5, 0.6) is 0 Å². The van der Waals surface area contributed by atoms with Gasteiger partial charge >= 0.3 is 0 Å². The number of fused-ring (bicyclic) bond motifs is 1. The fraction of sp³-hybridized carbons (Fsp3) is 0.111. The van der Waals surface area contributed by atoms with E-state index in [1.165, 1.54) is 23.1 Å². The number of nitrogen functional groups attached to an aromatic ring is 1. The van der Waals surface area contributed by atoms with Crippen molar-refractivity contribution < 1.29 is 4.39 Å². The van der Waals surface area contributed by atoms with E-state index in [1.54, 1.807) is 6.07 Å². The van der Waals surface area contributed by atoms with Gasteiger partial charge < -0.3 is 5.73 Å². The average Bonchev–Trinajstić information content (AvgIpc) is 2.60. The lowest BCUT2D eigenvalue weighted by Crippen LogP contribution is -1.89. The van der Waals surface area contributed by atoms with Crippen molar-refractivity contribution in [1.82, 2.24) is 0 Å². The first-order valence-electron chi connectivity index (χ1n) is 3.73. The molecule has 13 heavy (non-hydrogen) atoms. The van der Waals surface area contributed by atoms with Gasteiger partial charge in [0.05, 0.1) is 4.70 Å². The number of thiophene rings is 1. The Morgan fingerprint density at radius 1 is 1.54 bits per heavy atom. The highest BCUT2D eigenvalue weighted by Crippen LogP contribution is 2.34. The second-order valence-electron chi connectivity index (χ2n) is 2.65. The van der Waals surface area contributed by atoms with Crippen molar-refractivity contribution in [1.29, 1.82) is 0 Å². The van der Waals surface area contributed by atoms with Crippen molar-refractivity contribution in [2.24, 2.45) is 0 Å². The van der Waals surface area contributed by atoms with Crippen LogP contribution < -0.4 is 5.73 Å². The normalized spacial score (nSPS) is 10.9. The lowest BCUT2D eigenvalue weighted by atomic mass is 10.2. The van der Waals surface area contributed by atoms with Crippen molar-refractivity contribution in [3.8, 4) is 0 Å². The topological polar surface area (TPSA) is 26.0 Å². The summed E-state index contributed by atoms with van der Waals surface area (Å²) in [4.78, 5) is 0.618. The number of hydrogen-bond acceptors (Lipinski definition) is 3. The van der Waals surface area contributed by atoms with E-state index in [1.807, 2.05) is 17.7 Å². The van der Waals surface area contributed by atoms with Gasteiger partial charge in [0.1, 0.15) is 0 Å². The minimum atomic E-state index is -0.147. The molecule has 0 aliphatic rings. The van der Waals surface area contributed by atoms with Crippen LogP contribution in [0.3, 0.4) is 0 Å². The van der Waals surface area contributed by atoms with E-state index >= 15 is 0 Å². The lowest BCUT2D eigenvalue weighted by molar-refractivity contribution is 0.617. The van der Waals surface area contributed by atoms with Gasteiger partial charge in [-0.25, -0.2) is 4.39 Å². The van der Waals surface area contributed by atoms with Crippen molar-refractivity contribution in [3.63, 3.8) is 0 Å². The summed E-state index contributed by atoms with van der Waals surface area (Å²) >= 11 is 2.77. The summed E-state index contributed by atoms with van der Waals surface area (Å²) in [5.41, 5.74) is 6.43. The summed E-state index contributed by atoms with van der Waals surface area (Å²) in [5.74, 6) is -0.147. The Hall–Kier alpha value is -0.740. The van der Waals surface area contributed by atoms with Gasteiger partial charge in [0, 0.05) is 16.0 Å². The van der Waals surface area contributed by atoms with E-state index < -0.39 is 0 Å². The van der Waals surface area contributed by atoms with E-state index in [4.69, 9.17) is 5.73 Å². The van der Waals surface area contributed by atoms with Crippen LogP contribution in [-0.2, 0) is 0 Å². The van der Waals surface area contributed by atoms with Gasteiger partial charge in [-0.1, -0.05) is 0 Å². The van der Waals surface area contributed by atoms with E-state index in [-0.39, 0.29) is 5.82 Å². The second-order valence-corrected chi connectivity index (χ2v) is 4.41. The van der Waals surface area contributed by atoms with Crippen molar-refractivity contribution in [2.75, 3.05) is 12.0 Å². The maximum Gasteiger partial charge on any atom is 0.154 e. The van der Waals surface area contributed by atoms with Crippen LogP contribution >= 0.6 is 23.1 Å². The third kappa shape index (κ3) is 1.30. The Morgan fingerprint density at radius 2 is 2.31 bits per heavy atom. The summed E-state index contributed by atoms with van der Waals surface area (Å²) in [7, 11) is 0. The third-order valence-corrected chi connectivity index (χ3v) is 3.54. The minimum absolute atomic E-state index is 0.147. The summed E-state index contributed by atoms with van der Waals surface area (Å²) in [6.45, 7) is 0. The van der Waals surface area contributed by atoms with Crippen LogP contribution in [0.25, 0.3) is 10.1 Å². The lowest BCUT2D eigenvalue weighted by Gasteiger charge is -2.02. The van der Waals surface area contributed by atoms with Gasteiger partial charge in [-0.05, 0) is 23.8 Å². The molecule has 1 heterocycles. The van der Waals surface area contributed by atoms with E-state index in [0.717, 1.165) is 5.39 Å². The van der Waals surface area contributed by atoms with Crippen molar-refractivity contribution >= 4 is 38.9 Å².